The van der Waals surface area contributed by atoms with Crippen molar-refractivity contribution in [3.8, 4) is 5.75 Å². The standard InChI is InChI=1S/C11H15NO4/c1-8(3-4-15-2)16-10-5-9(11(13)14)6-12-7-10/h5-8H,3-4H2,1-2H3,(H,13,14). The topological polar surface area (TPSA) is 68.7 Å². The van der Waals surface area contributed by atoms with Crippen LogP contribution in [0.25, 0.3) is 0 Å². The monoisotopic (exact) mass is 225 g/mol. The molecule has 0 spiro atoms. The van der Waals surface area contributed by atoms with E-state index in [2.05, 4.69) is 4.98 Å². The van der Waals surface area contributed by atoms with Gasteiger partial charge in [-0.3, -0.25) is 4.98 Å². The van der Waals surface area contributed by atoms with Crippen molar-refractivity contribution in [2.24, 2.45) is 0 Å². The molecule has 1 aromatic heterocycles. The summed E-state index contributed by atoms with van der Waals surface area (Å²) >= 11 is 0. The number of carbonyl (C=O) groups is 1. The van der Waals surface area contributed by atoms with Crippen LogP contribution in [0.3, 0.4) is 0 Å². The molecule has 1 rings (SSSR count). The number of ether oxygens (including phenoxy) is 2. The van der Waals surface area contributed by atoms with Crippen LogP contribution in [-0.2, 0) is 4.74 Å². The fraction of sp³-hybridized carbons (Fsp3) is 0.455. The van der Waals surface area contributed by atoms with Gasteiger partial charge in [0.25, 0.3) is 0 Å². The van der Waals surface area contributed by atoms with Gasteiger partial charge in [-0.05, 0) is 13.0 Å². The summed E-state index contributed by atoms with van der Waals surface area (Å²) in [6.45, 7) is 2.50. The van der Waals surface area contributed by atoms with E-state index in [1.165, 1.54) is 18.5 Å². The van der Waals surface area contributed by atoms with Gasteiger partial charge in [-0.2, -0.15) is 0 Å². The molecular weight excluding hydrogens is 210 g/mol. The van der Waals surface area contributed by atoms with Crippen molar-refractivity contribution < 1.29 is 19.4 Å². The number of hydrogen-bond donors (Lipinski definition) is 1. The first-order valence-electron chi connectivity index (χ1n) is 4.97. The molecule has 1 atom stereocenters. The summed E-state index contributed by atoms with van der Waals surface area (Å²) in [5.41, 5.74) is 0.122. The molecule has 5 nitrogen and oxygen atoms in total. The molecule has 16 heavy (non-hydrogen) atoms. The average molecular weight is 225 g/mol. The number of pyridine rings is 1. The predicted molar refractivity (Wildman–Crippen MR) is 57.8 cm³/mol. The zero-order chi connectivity index (χ0) is 12.0. The first-order valence-corrected chi connectivity index (χ1v) is 4.97. The van der Waals surface area contributed by atoms with Gasteiger partial charge in [0.1, 0.15) is 5.75 Å². The Labute approximate surface area is 94.0 Å². The molecule has 0 radical (unpaired) electrons. The first kappa shape index (κ1) is 12.4. The lowest BCUT2D eigenvalue weighted by atomic mass is 10.2. The number of carboxylic acids is 1. The van der Waals surface area contributed by atoms with Crippen molar-refractivity contribution >= 4 is 5.97 Å². The molecule has 1 unspecified atom stereocenters. The zero-order valence-corrected chi connectivity index (χ0v) is 9.34. The fourth-order valence-electron chi connectivity index (χ4n) is 1.18. The van der Waals surface area contributed by atoms with Crippen LogP contribution in [0.4, 0.5) is 0 Å². The average Bonchev–Trinajstić information content (AvgIpc) is 2.26. The SMILES string of the molecule is COCCC(C)Oc1cncc(C(=O)O)c1. The van der Waals surface area contributed by atoms with Gasteiger partial charge < -0.3 is 14.6 Å². The molecule has 88 valence electrons. The highest BCUT2D eigenvalue weighted by Gasteiger charge is 2.07. The third-order valence-corrected chi connectivity index (χ3v) is 2.03. The lowest BCUT2D eigenvalue weighted by Crippen LogP contribution is -2.14. The number of aromatic nitrogens is 1. The Morgan fingerprint density at radius 3 is 2.94 bits per heavy atom. The van der Waals surface area contributed by atoms with Gasteiger partial charge in [0, 0.05) is 26.3 Å². The highest BCUT2D eigenvalue weighted by Crippen LogP contribution is 2.14. The van der Waals surface area contributed by atoms with Crippen LogP contribution in [-0.4, -0.2) is 35.9 Å². The normalized spacial score (nSPS) is 12.1. The van der Waals surface area contributed by atoms with Gasteiger partial charge in [-0.25, -0.2) is 4.79 Å². The largest absolute Gasteiger partial charge is 0.489 e. The van der Waals surface area contributed by atoms with E-state index in [0.29, 0.717) is 12.4 Å². The summed E-state index contributed by atoms with van der Waals surface area (Å²) in [4.78, 5) is 14.5. The van der Waals surface area contributed by atoms with Crippen LogP contribution < -0.4 is 4.74 Å². The van der Waals surface area contributed by atoms with Crippen molar-refractivity contribution in [3.05, 3.63) is 24.0 Å². The molecule has 0 saturated carbocycles. The predicted octanol–water partition coefficient (Wildman–Crippen LogP) is 1.58. The Balaban J connectivity index is 2.59. The number of aromatic carboxylic acids is 1. The second kappa shape index (κ2) is 6.07. The number of methoxy groups -OCH3 is 1. The Kier molecular flexibility index (Phi) is 4.72. The maximum atomic E-state index is 10.7. The Morgan fingerprint density at radius 2 is 2.31 bits per heavy atom. The third kappa shape index (κ3) is 3.86. The molecule has 0 aliphatic carbocycles. The summed E-state index contributed by atoms with van der Waals surface area (Å²) < 4.78 is 10.4. The van der Waals surface area contributed by atoms with Gasteiger partial charge in [-0.15, -0.1) is 0 Å². The van der Waals surface area contributed by atoms with E-state index in [4.69, 9.17) is 14.6 Å². The molecule has 1 N–H and O–H groups in total. The second-order valence-corrected chi connectivity index (χ2v) is 3.42. The number of hydrogen-bond acceptors (Lipinski definition) is 4. The maximum Gasteiger partial charge on any atom is 0.337 e. The molecular formula is C11H15NO4. The van der Waals surface area contributed by atoms with Gasteiger partial charge in [0.05, 0.1) is 17.9 Å². The van der Waals surface area contributed by atoms with E-state index >= 15 is 0 Å². The van der Waals surface area contributed by atoms with Crippen LogP contribution >= 0.6 is 0 Å². The van der Waals surface area contributed by atoms with E-state index in [1.807, 2.05) is 6.92 Å². The van der Waals surface area contributed by atoms with Crippen molar-refractivity contribution in [2.75, 3.05) is 13.7 Å². The van der Waals surface area contributed by atoms with E-state index < -0.39 is 5.97 Å². The summed E-state index contributed by atoms with van der Waals surface area (Å²) in [7, 11) is 1.62. The summed E-state index contributed by atoms with van der Waals surface area (Å²) in [5.74, 6) is -0.550. The van der Waals surface area contributed by atoms with E-state index in [1.54, 1.807) is 7.11 Å². The molecule has 5 heteroatoms. The van der Waals surface area contributed by atoms with Gasteiger partial charge >= 0.3 is 5.97 Å². The molecule has 0 bridgehead atoms. The van der Waals surface area contributed by atoms with Crippen LogP contribution in [0.5, 0.6) is 5.75 Å². The van der Waals surface area contributed by atoms with E-state index in [0.717, 1.165) is 6.42 Å². The van der Waals surface area contributed by atoms with Crippen molar-refractivity contribution in [3.63, 3.8) is 0 Å². The third-order valence-electron chi connectivity index (χ3n) is 2.03. The number of rotatable bonds is 6. The minimum atomic E-state index is -1.01. The smallest absolute Gasteiger partial charge is 0.337 e. The molecule has 0 aliphatic rings. The number of nitrogens with zero attached hydrogens (tertiary/aromatic N) is 1. The summed E-state index contributed by atoms with van der Waals surface area (Å²) in [6.07, 6.45) is 3.49. The Morgan fingerprint density at radius 1 is 1.56 bits per heavy atom. The molecule has 0 aliphatic heterocycles. The summed E-state index contributed by atoms with van der Waals surface area (Å²) in [5, 5.41) is 8.77. The fourth-order valence-corrected chi connectivity index (χ4v) is 1.18. The van der Waals surface area contributed by atoms with Gasteiger partial charge in [0.15, 0.2) is 0 Å². The molecule has 0 fully saturated rings. The highest BCUT2D eigenvalue weighted by atomic mass is 16.5. The van der Waals surface area contributed by atoms with Crippen molar-refractivity contribution in [1.82, 2.24) is 4.98 Å². The molecule has 0 aromatic carbocycles. The van der Waals surface area contributed by atoms with Crippen LogP contribution in [0.1, 0.15) is 23.7 Å². The van der Waals surface area contributed by atoms with Gasteiger partial charge in [-0.1, -0.05) is 0 Å². The van der Waals surface area contributed by atoms with E-state index in [9.17, 15) is 4.79 Å². The van der Waals surface area contributed by atoms with Crippen LogP contribution in [0.2, 0.25) is 0 Å². The first-order chi connectivity index (χ1) is 7.63. The minimum Gasteiger partial charge on any atom is -0.489 e. The summed E-state index contributed by atoms with van der Waals surface area (Å²) in [6, 6.07) is 1.46. The van der Waals surface area contributed by atoms with Crippen molar-refractivity contribution in [2.45, 2.75) is 19.4 Å². The second-order valence-electron chi connectivity index (χ2n) is 3.42. The number of carboxylic acid groups (broad SMARTS) is 1. The van der Waals surface area contributed by atoms with Crippen molar-refractivity contribution in [1.29, 1.82) is 0 Å². The Hall–Kier alpha value is -1.62. The molecule has 0 saturated heterocycles. The lowest BCUT2D eigenvalue weighted by Gasteiger charge is -2.13. The Bertz CT molecular complexity index is 354. The maximum absolute atomic E-state index is 10.7. The van der Waals surface area contributed by atoms with Gasteiger partial charge in [0.2, 0.25) is 0 Å². The molecule has 1 heterocycles. The van der Waals surface area contributed by atoms with E-state index in [-0.39, 0.29) is 11.7 Å². The lowest BCUT2D eigenvalue weighted by molar-refractivity contribution is 0.0695. The zero-order valence-electron chi connectivity index (χ0n) is 9.34. The molecule has 0 amide bonds. The minimum absolute atomic E-state index is 0.0363. The quantitative estimate of drug-likeness (QED) is 0.796. The van der Waals surface area contributed by atoms with Crippen LogP contribution in [0, 0.1) is 0 Å². The van der Waals surface area contributed by atoms with Crippen LogP contribution in [0.15, 0.2) is 18.5 Å². The molecule has 1 aromatic rings. The highest BCUT2D eigenvalue weighted by molar-refractivity contribution is 5.87.